The molecule has 0 aliphatic heterocycles. The van der Waals surface area contributed by atoms with Crippen molar-refractivity contribution >= 4 is 13.6 Å². The zero-order chi connectivity index (χ0) is 10.8. The number of aromatic nitrogens is 1. The first-order valence-electron chi connectivity index (χ1n) is 4.69. The van der Waals surface area contributed by atoms with E-state index >= 15 is 0 Å². The molecule has 0 aromatic carbocycles. The molecule has 3 heteroatoms. The molecule has 0 bridgehead atoms. The molecule has 0 atom stereocenters. The molecular formula is C11H16FNSi. The van der Waals surface area contributed by atoms with E-state index in [1.54, 1.807) is 6.20 Å². The highest BCUT2D eigenvalue weighted by Crippen LogP contribution is 2.17. The lowest BCUT2D eigenvalue weighted by Gasteiger charge is -2.11. The van der Waals surface area contributed by atoms with Gasteiger partial charge in [0.1, 0.15) is 5.82 Å². The van der Waals surface area contributed by atoms with E-state index in [1.165, 1.54) is 12.3 Å². The molecule has 14 heavy (non-hydrogen) atoms. The first-order chi connectivity index (χ1) is 6.38. The first kappa shape index (κ1) is 11.1. The Hall–Kier alpha value is -0.963. The van der Waals surface area contributed by atoms with Crippen LogP contribution in [0.5, 0.6) is 0 Å². The number of halogens is 1. The Balaban J connectivity index is 3.01. The summed E-state index contributed by atoms with van der Waals surface area (Å²) in [7, 11) is -1.23. The third kappa shape index (κ3) is 3.42. The molecule has 1 heterocycles. The summed E-state index contributed by atoms with van der Waals surface area (Å²) in [5.74, 6) is -0.272. The minimum absolute atomic E-state index is 0.272. The van der Waals surface area contributed by atoms with E-state index < -0.39 is 8.07 Å². The van der Waals surface area contributed by atoms with Crippen molar-refractivity contribution < 1.29 is 4.39 Å². The molecule has 76 valence electrons. The third-order valence-electron chi connectivity index (χ3n) is 1.81. The fraction of sp³-hybridized carbons (Fsp3) is 0.364. The molecule has 0 aliphatic rings. The SMILES string of the molecule is C/C(=C\[Si](C)(C)C)c1cncc(F)c1. The van der Waals surface area contributed by atoms with Crippen molar-refractivity contribution in [2.24, 2.45) is 0 Å². The molecule has 1 aromatic rings. The van der Waals surface area contributed by atoms with Gasteiger partial charge in [0.25, 0.3) is 0 Å². The van der Waals surface area contributed by atoms with Gasteiger partial charge in [-0.25, -0.2) is 4.39 Å². The van der Waals surface area contributed by atoms with Crippen molar-refractivity contribution in [3.8, 4) is 0 Å². The van der Waals surface area contributed by atoms with E-state index in [0.717, 1.165) is 11.1 Å². The zero-order valence-corrected chi connectivity index (χ0v) is 10.1. The highest BCUT2D eigenvalue weighted by molar-refractivity contribution is 6.81. The van der Waals surface area contributed by atoms with Gasteiger partial charge < -0.3 is 0 Å². The van der Waals surface area contributed by atoms with Crippen molar-refractivity contribution in [3.05, 3.63) is 35.5 Å². The fourth-order valence-corrected chi connectivity index (χ4v) is 2.83. The van der Waals surface area contributed by atoms with Gasteiger partial charge in [-0.05, 0) is 18.6 Å². The molecule has 0 saturated carbocycles. The lowest BCUT2D eigenvalue weighted by Crippen LogP contribution is -2.16. The summed E-state index contributed by atoms with van der Waals surface area (Å²) >= 11 is 0. The predicted molar refractivity (Wildman–Crippen MR) is 61.2 cm³/mol. The van der Waals surface area contributed by atoms with Crippen LogP contribution in [0.25, 0.3) is 5.57 Å². The van der Waals surface area contributed by atoms with Crippen LogP contribution in [0.15, 0.2) is 24.2 Å². The Labute approximate surface area is 85.7 Å². The van der Waals surface area contributed by atoms with Gasteiger partial charge >= 0.3 is 0 Å². The molecule has 0 aliphatic carbocycles. The van der Waals surface area contributed by atoms with Crippen molar-refractivity contribution in [1.29, 1.82) is 0 Å². The molecule has 0 fully saturated rings. The molecule has 0 N–H and O–H groups in total. The van der Waals surface area contributed by atoms with Crippen LogP contribution in [0.4, 0.5) is 4.39 Å². The van der Waals surface area contributed by atoms with Crippen LogP contribution in [0.2, 0.25) is 19.6 Å². The molecule has 0 spiro atoms. The van der Waals surface area contributed by atoms with E-state index in [1.807, 2.05) is 6.92 Å². The van der Waals surface area contributed by atoms with Gasteiger partial charge in [0, 0.05) is 6.20 Å². The van der Waals surface area contributed by atoms with Gasteiger partial charge in [0.05, 0.1) is 14.3 Å². The highest BCUT2D eigenvalue weighted by atomic mass is 28.3. The van der Waals surface area contributed by atoms with Crippen molar-refractivity contribution in [2.45, 2.75) is 26.6 Å². The molecule has 1 rings (SSSR count). The highest BCUT2D eigenvalue weighted by Gasteiger charge is 2.10. The standard InChI is InChI=1S/C11H16FNSi/c1-9(8-14(2,3)4)10-5-11(12)7-13-6-10/h5-8H,1-4H3/b9-8+. The number of pyridine rings is 1. The lowest BCUT2D eigenvalue weighted by molar-refractivity contribution is 0.621. The molecule has 1 aromatic heterocycles. The molecule has 0 saturated heterocycles. The van der Waals surface area contributed by atoms with E-state index in [-0.39, 0.29) is 5.82 Å². The van der Waals surface area contributed by atoms with Crippen LogP contribution >= 0.6 is 0 Å². The summed E-state index contributed by atoms with van der Waals surface area (Å²) in [5.41, 5.74) is 4.26. The topological polar surface area (TPSA) is 12.9 Å². The molecule has 1 nitrogen and oxygen atoms in total. The van der Waals surface area contributed by atoms with E-state index in [9.17, 15) is 4.39 Å². The summed E-state index contributed by atoms with van der Waals surface area (Å²) < 4.78 is 12.9. The maximum Gasteiger partial charge on any atom is 0.142 e. The quantitative estimate of drug-likeness (QED) is 0.679. The Kier molecular flexibility index (Phi) is 3.21. The second kappa shape index (κ2) is 4.05. The number of nitrogens with zero attached hydrogens (tertiary/aromatic N) is 1. The van der Waals surface area contributed by atoms with Crippen LogP contribution in [0, 0.1) is 5.82 Å². The van der Waals surface area contributed by atoms with Gasteiger partial charge in [-0.3, -0.25) is 4.98 Å². The second-order valence-electron chi connectivity index (χ2n) is 4.59. The Morgan fingerprint density at radius 2 is 2.00 bits per heavy atom. The fourth-order valence-electron chi connectivity index (χ4n) is 1.36. The van der Waals surface area contributed by atoms with Gasteiger partial charge in [0.2, 0.25) is 0 Å². The van der Waals surface area contributed by atoms with E-state index in [2.05, 4.69) is 30.3 Å². The Bertz CT molecular complexity index is 353. The monoisotopic (exact) mass is 209 g/mol. The summed E-state index contributed by atoms with van der Waals surface area (Å²) in [4.78, 5) is 3.83. The lowest BCUT2D eigenvalue weighted by atomic mass is 10.1. The molecule has 0 radical (unpaired) electrons. The van der Waals surface area contributed by atoms with Crippen LogP contribution in [-0.2, 0) is 0 Å². The Morgan fingerprint density at radius 3 is 2.50 bits per heavy atom. The largest absolute Gasteiger partial charge is 0.261 e. The van der Waals surface area contributed by atoms with Crippen molar-refractivity contribution in [3.63, 3.8) is 0 Å². The van der Waals surface area contributed by atoms with Crippen LogP contribution in [0.3, 0.4) is 0 Å². The summed E-state index contributed by atoms with van der Waals surface area (Å²) in [5, 5.41) is 0. The Morgan fingerprint density at radius 1 is 1.36 bits per heavy atom. The molecular weight excluding hydrogens is 193 g/mol. The normalized spacial score (nSPS) is 13.1. The predicted octanol–water partition coefficient (Wildman–Crippen LogP) is 3.50. The van der Waals surface area contributed by atoms with Crippen LogP contribution in [-0.4, -0.2) is 13.1 Å². The van der Waals surface area contributed by atoms with Crippen molar-refractivity contribution in [1.82, 2.24) is 4.98 Å². The van der Waals surface area contributed by atoms with Gasteiger partial charge in [-0.15, -0.1) is 0 Å². The maximum absolute atomic E-state index is 12.9. The summed E-state index contributed by atoms with van der Waals surface area (Å²) in [6.07, 6.45) is 2.93. The third-order valence-corrected chi connectivity index (χ3v) is 3.11. The summed E-state index contributed by atoms with van der Waals surface area (Å²) in [6, 6.07) is 1.53. The average Bonchev–Trinajstić information content (AvgIpc) is 2.01. The first-order valence-corrected chi connectivity index (χ1v) is 8.26. The van der Waals surface area contributed by atoms with Gasteiger partial charge in [-0.1, -0.05) is 30.9 Å². The van der Waals surface area contributed by atoms with E-state index in [0.29, 0.717) is 0 Å². The summed E-state index contributed by atoms with van der Waals surface area (Å²) in [6.45, 7) is 8.77. The number of rotatable bonds is 2. The number of hydrogen-bond acceptors (Lipinski definition) is 1. The zero-order valence-electron chi connectivity index (χ0n) is 9.13. The number of hydrogen-bond donors (Lipinski definition) is 0. The molecule has 0 amide bonds. The minimum Gasteiger partial charge on any atom is -0.261 e. The smallest absolute Gasteiger partial charge is 0.142 e. The number of allylic oxidation sites excluding steroid dienone is 1. The van der Waals surface area contributed by atoms with Crippen LogP contribution < -0.4 is 0 Å². The second-order valence-corrected chi connectivity index (χ2v) is 9.61. The minimum atomic E-state index is -1.23. The van der Waals surface area contributed by atoms with Crippen molar-refractivity contribution in [2.75, 3.05) is 0 Å². The van der Waals surface area contributed by atoms with Crippen LogP contribution in [0.1, 0.15) is 12.5 Å². The van der Waals surface area contributed by atoms with E-state index in [4.69, 9.17) is 0 Å². The molecule has 0 unspecified atom stereocenters. The van der Waals surface area contributed by atoms with Gasteiger partial charge in [0.15, 0.2) is 0 Å². The van der Waals surface area contributed by atoms with Gasteiger partial charge in [-0.2, -0.15) is 0 Å². The average molecular weight is 209 g/mol. The maximum atomic E-state index is 12.9.